The predicted molar refractivity (Wildman–Crippen MR) is 83.5 cm³/mol. The lowest BCUT2D eigenvalue weighted by Crippen LogP contribution is -2.30. The number of nitrogens with zero attached hydrogens (tertiary/aromatic N) is 1. The van der Waals surface area contributed by atoms with Gasteiger partial charge in [-0.15, -0.1) is 11.6 Å². The van der Waals surface area contributed by atoms with Gasteiger partial charge in [0.05, 0.1) is 24.0 Å². The summed E-state index contributed by atoms with van der Waals surface area (Å²) in [6, 6.07) is 4.74. The molecule has 0 saturated carbocycles. The number of alkyl halides is 1. The van der Waals surface area contributed by atoms with Crippen molar-refractivity contribution in [1.82, 2.24) is 4.31 Å². The average molecular weight is 336 g/mol. The molecular weight excluding hydrogens is 314 g/mol. The monoisotopic (exact) mass is 335 g/mol. The van der Waals surface area contributed by atoms with Crippen molar-refractivity contribution in [3.8, 4) is 5.75 Å². The minimum atomic E-state index is -3.54. The van der Waals surface area contributed by atoms with Crippen LogP contribution in [0.4, 0.5) is 0 Å². The van der Waals surface area contributed by atoms with Gasteiger partial charge in [-0.2, -0.15) is 4.31 Å². The average Bonchev–Trinajstić information content (AvgIpc) is 2.47. The Bertz CT molecular complexity index is 548. The molecule has 0 aliphatic heterocycles. The highest BCUT2D eigenvalue weighted by Crippen LogP contribution is 2.25. The molecule has 1 rings (SSSR count). The molecule has 0 radical (unpaired) electrons. The Balaban J connectivity index is 2.97. The maximum absolute atomic E-state index is 12.5. The normalized spacial score (nSPS) is 11.9. The van der Waals surface area contributed by atoms with Gasteiger partial charge in [-0.05, 0) is 32.0 Å². The van der Waals surface area contributed by atoms with Gasteiger partial charge in [0.15, 0.2) is 0 Å². The predicted octanol–water partition coefficient (Wildman–Crippen LogP) is 2.48. The Hall–Kier alpha value is -0.820. The van der Waals surface area contributed by atoms with Gasteiger partial charge in [0.25, 0.3) is 0 Å². The van der Waals surface area contributed by atoms with Gasteiger partial charge in [0.1, 0.15) is 5.75 Å². The molecule has 0 aromatic heterocycles. The SMILES string of the molecule is CCOCCN(C)S(=O)(=O)c1ccc(OCC)c(CCl)c1. The van der Waals surface area contributed by atoms with Crippen molar-refractivity contribution in [3.05, 3.63) is 23.8 Å². The number of hydrogen-bond donors (Lipinski definition) is 0. The van der Waals surface area contributed by atoms with Crippen LogP contribution in [-0.2, 0) is 20.6 Å². The highest BCUT2D eigenvalue weighted by molar-refractivity contribution is 7.89. The lowest BCUT2D eigenvalue weighted by molar-refractivity contribution is 0.138. The summed E-state index contributed by atoms with van der Waals surface area (Å²) in [4.78, 5) is 0.209. The summed E-state index contributed by atoms with van der Waals surface area (Å²) in [6.45, 7) is 5.47. The summed E-state index contributed by atoms with van der Waals surface area (Å²) in [5.41, 5.74) is 0.665. The fourth-order valence-electron chi connectivity index (χ4n) is 1.75. The fourth-order valence-corrected chi connectivity index (χ4v) is 3.17. The number of sulfonamides is 1. The van der Waals surface area contributed by atoms with Crippen molar-refractivity contribution in [2.24, 2.45) is 0 Å². The number of benzene rings is 1. The van der Waals surface area contributed by atoms with Crippen LogP contribution in [0.3, 0.4) is 0 Å². The second kappa shape index (κ2) is 8.58. The molecule has 21 heavy (non-hydrogen) atoms. The summed E-state index contributed by atoms with van der Waals surface area (Å²) in [5.74, 6) is 0.810. The lowest BCUT2D eigenvalue weighted by atomic mass is 10.2. The molecule has 0 aliphatic carbocycles. The van der Waals surface area contributed by atoms with E-state index < -0.39 is 10.0 Å². The fraction of sp³-hybridized carbons (Fsp3) is 0.571. The van der Waals surface area contributed by atoms with Crippen LogP contribution in [0.15, 0.2) is 23.1 Å². The third-order valence-electron chi connectivity index (χ3n) is 2.94. The molecular formula is C14H22ClNO4S. The van der Waals surface area contributed by atoms with Crippen molar-refractivity contribution in [2.75, 3.05) is 33.4 Å². The van der Waals surface area contributed by atoms with Crippen molar-refractivity contribution in [3.63, 3.8) is 0 Å². The maximum Gasteiger partial charge on any atom is 0.242 e. The zero-order chi connectivity index (χ0) is 15.9. The van der Waals surface area contributed by atoms with Crippen molar-refractivity contribution < 1.29 is 17.9 Å². The van der Waals surface area contributed by atoms with Crippen LogP contribution in [0.2, 0.25) is 0 Å². The Kier molecular flexibility index (Phi) is 7.45. The summed E-state index contributed by atoms with van der Waals surface area (Å²) in [6.07, 6.45) is 0. The summed E-state index contributed by atoms with van der Waals surface area (Å²) < 4.78 is 36.8. The van der Waals surface area contributed by atoms with E-state index in [1.165, 1.54) is 17.4 Å². The maximum atomic E-state index is 12.5. The lowest BCUT2D eigenvalue weighted by Gasteiger charge is -2.18. The molecule has 7 heteroatoms. The van der Waals surface area contributed by atoms with Crippen LogP contribution >= 0.6 is 11.6 Å². The quantitative estimate of drug-likeness (QED) is 0.514. The van der Waals surface area contributed by atoms with E-state index in [0.717, 1.165) is 0 Å². The van der Waals surface area contributed by atoms with Crippen LogP contribution in [0.25, 0.3) is 0 Å². The molecule has 0 saturated heterocycles. The first-order chi connectivity index (χ1) is 9.97. The molecule has 0 atom stereocenters. The first-order valence-electron chi connectivity index (χ1n) is 6.83. The van der Waals surface area contributed by atoms with Gasteiger partial charge < -0.3 is 9.47 Å². The van der Waals surface area contributed by atoms with E-state index in [0.29, 0.717) is 37.7 Å². The number of likely N-dealkylation sites (N-methyl/N-ethyl adjacent to an activating group) is 1. The third-order valence-corrected chi connectivity index (χ3v) is 5.08. The van der Waals surface area contributed by atoms with Crippen LogP contribution in [-0.4, -0.2) is 46.1 Å². The zero-order valence-electron chi connectivity index (χ0n) is 12.6. The van der Waals surface area contributed by atoms with Crippen molar-refractivity contribution in [2.45, 2.75) is 24.6 Å². The summed E-state index contributed by atoms with van der Waals surface area (Å²) in [7, 11) is -2.01. The van der Waals surface area contributed by atoms with Crippen LogP contribution in [0, 0.1) is 0 Å². The first kappa shape index (κ1) is 18.2. The molecule has 1 aromatic rings. The minimum absolute atomic E-state index is 0.196. The van der Waals surface area contributed by atoms with E-state index in [4.69, 9.17) is 21.1 Å². The smallest absolute Gasteiger partial charge is 0.242 e. The van der Waals surface area contributed by atoms with E-state index in [9.17, 15) is 8.42 Å². The zero-order valence-corrected chi connectivity index (χ0v) is 14.2. The third kappa shape index (κ3) is 4.85. The van der Waals surface area contributed by atoms with E-state index >= 15 is 0 Å². The van der Waals surface area contributed by atoms with Gasteiger partial charge in [-0.25, -0.2) is 8.42 Å². The second-order valence-electron chi connectivity index (χ2n) is 4.36. The van der Waals surface area contributed by atoms with Gasteiger partial charge in [0, 0.05) is 25.8 Å². The molecule has 0 fully saturated rings. The molecule has 5 nitrogen and oxygen atoms in total. The van der Waals surface area contributed by atoms with E-state index in [2.05, 4.69) is 0 Å². The van der Waals surface area contributed by atoms with Gasteiger partial charge >= 0.3 is 0 Å². The molecule has 120 valence electrons. The van der Waals surface area contributed by atoms with Crippen LogP contribution < -0.4 is 4.74 Å². The van der Waals surface area contributed by atoms with Gasteiger partial charge in [-0.1, -0.05) is 0 Å². The topological polar surface area (TPSA) is 55.8 Å². The van der Waals surface area contributed by atoms with Crippen molar-refractivity contribution in [1.29, 1.82) is 0 Å². The largest absolute Gasteiger partial charge is 0.494 e. The molecule has 0 heterocycles. The molecule has 0 N–H and O–H groups in total. The molecule has 1 aromatic carbocycles. The minimum Gasteiger partial charge on any atom is -0.494 e. The molecule has 0 aliphatic rings. The Labute approximate surface area is 131 Å². The molecule has 0 spiro atoms. The first-order valence-corrected chi connectivity index (χ1v) is 8.80. The number of hydrogen-bond acceptors (Lipinski definition) is 4. The van der Waals surface area contributed by atoms with Crippen LogP contribution in [0.5, 0.6) is 5.75 Å². The highest BCUT2D eigenvalue weighted by atomic mass is 35.5. The number of halogens is 1. The van der Waals surface area contributed by atoms with Crippen LogP contribution in [0.1, 0.15) is 19.4 Å². The molecule has 0 bridgehead atoms. The van der Waals surface area contributed by atoms with E-state index in [-0.39, 0.29) is 10.8 Å². The Morgan fingerprint density at radius 1 is 1.24 bits per heavy atom. The van der Waals surface area contributed by atoms with E-state index in [1.54, 1.807) is 12.1 Å². The second-order valence-corrected chi connectivity index (χ2v) is 6.67. The highest BCUT2D eigenvalue weighted by Gasteiger charge is 2.21. The summed E-state index contributed by atoms with van der Waals surface area (Å²) >= 11 is 5.86. The Morgan fingerprint density at radius 3 is 2.52 bits per heavy atom. The number of rotatable bonds is 9. The molecule has 0 amide bonds. The molecule has 0 unspecified atom stereocenters. The van der Waals surface area contributed by atoms with Crippen molar-refractivity contribution >= 4 is 21.6 Å². The van der Waals surface area contributed by atoms with Gasteiger partial charge in [0.2, 0.25) is 10.0 Å². The Morgan fingerprint density at radius 2 is 1.95 bits per heavy atom. The van der Waals surface area contributed by atoms with Gasteiger partial charge in [-0.3, -0.25) is 0 Å². The summed E-state index contributed by atoms with van der Waals surface area (Å²) in [5, 5.41) is 0. The standard InChI is InChI=1S/C14H22ClNO4S/c1-4-19-9-8-16(3)21(17,18)13-6-7-14(20-5-2)12(10-13)11-15/h6-7,10H,4-5,8-9,11H2,1-3H3. The number of ether oxygens (including phenoxy) is 2. The van der Waals surface area contributed by atoms with E-state index in [1.807, 2.05) is 13.8 Å².